The summed E-state index contributed by atoms with van der Waals surface area (Å²) < 4.78 is 27.2. The summed E-state index contributed by atoms with van der Waals surface area (Å²) in [6.45, 7) is 4.11. The Morgan fingerprint density at radius 1 is 1.33 bits per heavy atom. The van der Waals surface area contributed by atoms with E-state index in [1.54, 1.807) is 18.2 Å². The summed E-state index contributed by atoms with van der Waals surface area (Å²) in [6, 6.07) is 5.40. The standard InChI is InChI=1S/C19H22N2O6/c1-2-3-13-9-23-7-6-21(13)19(22)15-10-25-18(20-15)11-24-14-4-5-16-17(8-14)27-12-26-16/h4-5,8,10,13H,2-3,6-7,9,11-12H2,1H3/t13-/m1/s1. The highest BCUT2D eigenvalue weighted by atomic mass is 16.7. The number of benzene rings is 1. The smallest absolute Gasteiger partial charge is 0.276 e. The number of ether oxygens (including phenoxy) is 4. The second kappa shape index (κ2) is 7.87. The van der Waals surface area contributed by atoms with Crippen molar-refractivity contribution in [1.82, 2.24) is 9.88 Å². The molecule has 1 amide bonds. The van der Waals surface area contributed by atoms with Crippen LogP contribution in [0.2, 0.25) is 0 Å². The number of amides is 1. The Labute approximate surface area is 157 Å². The molecule has 8 heteroatoms. The first kappa shape index (κ1) is 17.7. The van der Waals surface area contributed by atoms with E-state index in [0.29, 0.717) is 48.6 Å². The minimum Gasteiger partial charge on any atom is -0.484 e. The lowest BCUT2D eigenvalue weighted by Gasteiger charge is -2.35. The number of hydrogen-bond donors (Lipinski definition) is 0. The monoisotopic (exact) mass is 374 g/mol. The van der Waals surface area contributed by atoms with E-state index in [1.165, 1.54) is 6.26 Å². The molecule has 144 valence electrons. The molecule has 0 bridgehead atoms. The van der Waals surface area contributed by atoms with Gasteiger partial charge in [-0.25, -0.2) is 4.98 Å². The molecule has 27 heavy (non-hydrogen) atoms. The predicted octanol–water partition coefficient (Wildman–Crippen LogP) is 2.62. The minimum atomic E-state index is -0.130. The molecule has 0 saturated carbocycles. The van der Waals surface area contributed by atoms with Crippen molar-refractivity contribution in [1.29, 1.82) is 0 Å². The highest BCUT2D eigenvalue weighted by Crippen LogP contribution is 2.35. The molecule has 1 atom stereocenters. The maximum Gasteiger partial charge on any atom is 0.276 e. The third-order valence-electron chi connectivity index (χ3n) is 4.59. The van der Waals surface area contributed by atoms with Crippen LogP contribution in [0.25, 0.3) is 0 Å². The summed E-state index contributed by atoms with van der Waals surface area (Å²) >= 11 is 0. The molecule has 1 aromatic carbocycles. The number of fused-ring (bicyclic) bond motifs is 1. The second-order valence-electron chi connectivity index (χ2n) is 6.45. The lowest BCUT2D eigenvalue weighted by Crippen LogP contribution is -2.48. The molecule has 1 saturated heterocycles. The van der Waals surface area contributed by atoms with Gasteiger partial charge >= 0.3 is 0 Å². The molecular formula is C19H22N2O6. The summed E-state index contributed by atoms with van der Waals surface area (Å²) in [5.41, 5.74) is 0.294. The van der Waals surface area contributed by atoms with Crippen molar-refractivity contribution < 1.29 is 28.2 Å². The summed E-state index contributed by atoms with van der Waals surface area (Å²) in [5.74, 6) is 2.16. The molecule has 0 aliphatic carbocycles. The van der Waals surface area contributed by atoms with E-state index in [2.05, 4.69) is 11.9 Å². The molecule has 2 aromatic rings. The molecule has 1 fully saturated rings. The van der Waals surface area contributed by atoms with Crippen molar-refractivity contribution in [2.45, 2.75) is 32.4 Å². The van der Waals surface area contributed by atoms with Crippen LogP contribution in [0.5, 0.6) is 17.2 Å². The number of oxazole rings is 1. The fourth-order valence-corrected chi connectivity index (χ4v) is 3.23. The summed E-state index contributed by atoms with van der Waals surface area (Å²) in [6.07, 6.45) is 3.29. The van der Waals surface area contributed by atoms with E-state index in [0.717, 1.165) is 12.8 Å². The van der Waals surface area contributed by atoms with Crippen LogP contribution in [-0.4, -0.2) is 48.4 Å². The molecule has 0 N–H and O–H groups in total. The Hall–Kier alpha value is -2.74. The number of aromatic nitrogens is 1. The Bertz CT molecular complexity index is 803. The fraction of sp³-hybridized carbons (Fsp3) is 0.474. The van der Waals surface area contributed by atoms with Gasteiger partial charge in [0.25, 0.3) is 5.91 Å². The zero-order valence-corrected chi connectivity index (χ0v) is 15.2. The van der Waals surface area contributed by atoms with Crippen LogP contribution in [0, 0.1) is 0 Å². The number of rotatable bonds is 6. The van der Waals surface area contributed by atoms with Crippen molar-refractivity contribution in [3.8, 4) is 17.2 Å². The molecular weight excluding hydrogens is 352 g/mol. The van der Waals surface area contributed by atoms with Gasteiger partial charge in [0.15, 0.2) is 23.8 Å². The van der Waals surface area contributed by atoms with E-state index in [1.807, 2.05) is 4.90 Å². The molecule has 1 aromatic heterocycles. The van der Waals surface area contributed by atoms with Gasteiger partial charge in [-0.2, -0.15) is 0 Å². The van der Waals surface area contributed by atoms with Gasteiger partial charge in [0.1, 0.15) is 12.0 Å². The third kappa shape index (κ3) is 3.85. The van der Waals surface area contributed by atoms with Crippen molar-refractivity contribution in [2.24, 2.45) is 0 Å². The van der Waals surface area contributed by atoms with Gasteiger partial charge in [0.05, 0.1) is 19.3 Å². The van der Waals surface area contributed by atoms with Gasteiger partial charge in [-0.1, -0.05) is 13.3 Å². The van der Waals surface area contributed by atoms with Crippen LogP contribution in [0.3, 0.4) is 0 Å². The fourth-order valence-electron chi connectivity index (χ4n) is 3.23. The van der Waals surface area contributed by atoms with E-state index in [4.69, 9.17) is 23.4 Å². The normalized spacial score (nSPS) is 18.6. The molecule has 8 nitrogen and oxygen atoms in total. The predicted molar refractivity (Wildman–Crippen MR) is 94.0 cm³/mol. The van der Waals surface area contributed by atoms with Crippen molar-refractivity contribution in [3.63, 3.8) is 0 Å². The number of hydrogen-bond acceptors (Lipinski definition) is 7. The van der Waals surface area contributed by atoms with Crippen LogP contribution in [0.4, 0.5) is 0 Å². The topological polar surface area (TPSA) is 83.3 Å². The maximum absolute atomic E-state index is 12.8. The van der Waals surface area contributed by atoms with Gasteiger partial charge in [0.2, 0.25) is 12.7 Å². The molecule has 2 aliphatic heterocycles. The van der Waals surface area contributed by atoms with Crippen molar-refractivity contribution >= 4 is 5.91 Å². The van der Waals surface area contributed by atoms with E-state index in [9.17, 15) is 4.79 Å². The maximum atomic E-state index is 12.8. The lowest BCUT2D eigenvalue weighted by molar-refractivity contribution is -0.00464. The zero-order valence-electron chi connectivity index (χ0n) is 15.2. The van der Waals surface area contributed by atoms with E-state index >= 15 is 0 Å². The average Bonchev–Trinajstić information content (AvgIpc) is 3.35. The second-order valence-corrected chi connectivity index (χ2v) is 6.45. The van der Waals surface area contributed by atoms with Crippen molar-refractivity contribution in [3.05, 3.63) is 36.0 Å². The van der Waals surface area contributed by atoms with Gasteiger partial charge in [0, 0.05) is 12.6 Å². The Balaban J connectivity index is 1.38. The first-order chi connectivity index (χ1) is 13.2. The van der Waals surface area contributed by atoms with Crippen LogP contribution in [0.15, 0.2) is 28.9 Å². The van der Waals surface area contributed by atoms with Crippen LogP contribution in [-0.2, 0) is 11.3 Å². The molecule has 3 heterocycles. The van der Waals surface area contributed by atoms with Gasteiger partial charge in [-0.3, -0.25) is 4.79 Å². The minimum absolute atomic E-state index is 0.0845. The van der Waals surface area contributed by atoms with E-state index in [-0.39, 0.29) is 25.3 Å². The molecule has 0 unspecified atom stereocenters. The van der Waals surface area contributed by atoms with Crippen LogP contribution >= 0.6 is 0 Å². The highest BCUT2D eigenvalue weighted by Gasteiger charge is 2.29. The summed E-state index contributed by atoms with van der Waals surface area (Å²) in [4.78, 5) is 18.9. The lowest BCUT2D eigenvalue weighted by atomic mass is 10.1. The number of nitrogens with zero attached hydrogens (tertiary/aromatic N) is 2. The quantitative estimate of drug-likeness (QED) is 0.768. The zero-order chi connectivity index (χ0) is 18.6. The summed E-state index contributed by atoms with van der Waals surface area (Å²) in [7, 11) is 0. The number of carbonyl (C=O) groups is 1. The van der Waals surface area contributed by atoms with Gasteiger partial charge in [-0.05, 0) is 18.6 Å². The SMILES string of the molecule is CCC[C@@H]1COCCN1C(=O)c1coc(COc2ccc3c(c2)OCO3)n1. The number of morpholine rings is 1. The van der Waals surface area contributed by atoms with Crippen LogP contribution < -0.4 is 14.2 Å². The van der Waals surface area contributed by atoms with E-state index < -0.39 is 0 Å². The van der Waals surface area contributed by atoms with Gasteiger partial charge in [-0.15, -0.1) is 0 Å². The van der Waals surface area contributed by atoms with Crippen molar-refractivity contribution in [2.75, 3.05) is 26.6 Å². The third-order valence-corrected chi connectivity index (χ3v) is 4.59. The Kier molecular flexibility index (Phi) is 5.15. The first-order valence-corrected chi connectivity index (χ1v) is 9.10. The average molecular weight is 374 g/mol. The Morgan fingerprint density at radius 2 is 2.22 bits per heavy atom. The summed E-state index contributed by atoms with van der Waals surface area (Å²) in [5, 5.41) is 0. The first-order valence-electron chi connectivity index (χ1n) is 9.10. The number of carbonyl (C=O) groups excluding carboxylic acids is 1. The molecule has 0 radical (unpaired) electrons. The van der Waals surface area contributed by atoms with Crippen LogP contribution in [0.1, 0.15) is 36.1 Å². The Morgan fingerprint density at radius 3 is 3.11 bits per heavy atom. The largest absolute Gasteiger partial charge is 0.484 e. The highest BCUT2D eigenvalue weighted by molar-refractivity contribution is 5.92. The molecule has 4 rings (SSSR count). The molecule has 0 spiro atoms. The molecule has 2 aliphatic rings. The van der Waals surface area contributed by atoms with Gasteiger partial charge < -0.3 is 28.3 Å².